The normalized spacial score (nSPS) is 21.5. The zero-order chi connectivity index (χ0) is 14.1. The molecule has 1 atom stereocenters. The van der Waals surface area contributed by atoms with Gasteiger partial charge in [0.1, 0.15) is 0 Å². The van der Waals surface area contributed by atoms with Crippen LogP contribution in [0.5, 0.6) is 0 Å². The molecule has 2 aromatic rings. The van der Waals surface area contributed by atoms with Gasteiger partial charge in [-0.25, -0.2) is 0 Å². The zero-order valence-electron chi connectivity index (χ0n) is 12.9. The molecule has 2 aliphatic rings. The molecule has 0 heteroatoms. The van der Waals surface area contributed by atoms with Gasteiger partial charge < -0.3 is 0 Å². The summed E-state index contributed by atoms with van der Waals surface area (Å²) in [6, 6.07) is 15.9. The molecule has 0 aromatic heterocycles. The van der Waals surface area contributed by atoms with Crippen molar-refractivity contribution in [1.29, 1.82) is 0 Å². The Hall–Kier alpha value is -1.30. The van der Waals surface area contributed by atoms with Crippen molar-refractivity contribution in [1.82, 2.24) is 0 Å². The summed E-state index contributed by atoms with van der Waals surface area (Å²) in [5, 5.41) is 2.79. The van der Waals surface area contributed by atoms with Crippen molar-refractivity contribution in [2.24, 2.45) is 17.8 Å². The van der Waals surface area contributed by atoms with E-state index >= 15 is 0 Å². The predicted octanol–water partition coefficient (Wildman–Crippen LogP) is 5.99. The highest BCUT2D eigenvalue weighted by Gasteiger charge is 2.36. The Morgan fingerprint density at radius 1 is 0.762 bits per heavy atom. The Morgan fingerprint density at radius 2 is 1.48 bits per heavy atom. The van der Waals surface area contributed by atoms with Gasteiger partial charge in [-0.15, -0.1) is 0 Å². The van der Waals surface area contributed by atoms with Crippen LogP contribution in [0.15, 0.2) is 42.5 Å². The third kappa shape index (κ3) is 3.00. The average Bonchev–Trinajstić information content (AvgIpc) is 3.38. The van der Waals surface area contributed by atoms with Gasteiger partial charge >= 0.3 is 0 Å². The minimum Gasteiger partial charge on any atom is -0.0616 e. The van der Waals surface area contributed by atoms with Gasteiger partial charge in [0, 0.05) is 0 Å². The van der Waals surface area contributed by atoms with E-state index in [9.17, 15) is 0 Å². The SMILES string of the molecule is c1ccc2cc(CC(C3CCCCC3)C3CC3)ccc2c1. The maximum absolute atomic E-state index is 2.44. The minimum atomic E-state index is 0.964. The van der Waals surface area contributed by atoms with Crippen LogP contribution < -0.4 is 0 Å². The molecule has 0 radical (unpaired) electrons. The van der Waals surface area contributed by atoms with E-state index in [1.54, 1.807) is 5.56 Å². The highest BCUT2D eigenvalue weighted by Crippen LogP contribution is 2.46. The summed E-state index contributed by atoms with van der Waals surface area (Å²) in [6.07, 6.45) is 11.7. The lowest BCUT2D eigenvalue weighted by Crippen LogP contribution is -2.22. The Balaban J connectivity index is 1.55. The van der Waals surface area contributed by atoms with Gasteiger partial charge in [-0.05, 0) is 53.4 Å². The first kappa shape index (κ1) is 13.4. The molecule has 2 saturated carbocycles. The van der Waals surface area contributed by atoms with Gasteiger partial charge in [0.2, 0.25) is 0 Å². The summed E-state index contributed by atoms with van der Waals surface area (Å²) in [5.41, 5.74) is 1.57. The number of rotatable bonds is 4. The second-order valence-electron chi connectivity index (χ2n) is 7.29. The molecule has 0 aliphatic heterocycles. The topological polar surface area (TPSA) is 0 Å². The summed E-state index contributed by atoms with van der Waals surface area (Å²) in [7, 11) is 0. The maximum atomic E-state index is 2.44. The van der Waals surface area contributed by atoms with E-state index in [0.29, 0.717) is 0 Å². The molecule has 0 N–H and O–H groups in total. The standard InChI is InChI=1S/C21H26/c1-2-7-18(8-3-1)21(19-12-13-19)15-16-10-11-17-6-4-5-9-20(17)14-16/h4-6,9-11,14,18-19,21H,1-3,7-8,12-13,15H2. The van der Waals surface area contributed by atoms with Gasteiger partial charge in [0.05, 0.1) is 0 Å². The first-order valence-corrected chi connectivity index (χ1v) is 8.88. The van der Waals surface area contributed by atoms with Crippen molar-refractivity contribution in [2.45, 2.75) is 51.4 Å². The summed E-state index contributed by atoms with van der Waals surface area (Å²) < 4.78 is 0. The van der Waals surface area contributed by atoms with Crippen LogP contribution in [0.4, 0.5) is 0 Å². The molecule has 21 heavy (non-hydrogen) atoms. The van der Waals surface area contributed by atoms with Crippen LogP contribution in [0.2, 0.25) is 0 Å². The van der Waals surface area contributed by atoms with Crippen LogP contribution in [0.3, 0.4) is 0 Å². The zero-order valence-corrected chi connectivity index (χ0v) is 12.9. The molecule has 0 heterocycles. The van der Waals surface area contributed by atoms with Gasteiger partial charge in [-0.1, -0.05) is 74.6 Å². The molecule has 0 bridgehead atoms. The Labute approximate surface area is 128 Å². The Bertz CT molecular complexity index is 602. The molecule has 0 nitrogen and oxygen atoms in total. The number of fused-ring (bicyclic) bond motifs is 1. The number of benzene rings is 2. The monoisotopic (exact) mass is 278 g/mol. The van der Waals surface area contributed by atoms with Crippen molar-refractivity contribution < 1.29 is 0 Å². The summed E-state index contributed by atoms with van der Waals surface area (Å²) in [5.74, 6) is 3.02. The fourth-order valence-corrected chi connectivity index (χ4v) is 4.44. The molecule has 1 unspecified atom stereocenters. The Morgan fingerprint density at radius 3 is 2.24 bits per heavy atom. The molecule has 4 rings (SSSR count). The van der Waals surface area contributed by atoms with Crippen LogP contribution >= 0.6 is 0 Å². The number of hydrogen-bond acceptors (Lipinski definition) is 0. The molecular formula is C21H26. The molecule has 0 saturated heterocycles. The van der Waals surface area contributed by atoms with E-state index in [1.165, 1.54) is 62.1 Å². The first-order chi connectivity index (χ1) is 10.4. The van der Waals surface area contributed by atoms with Crippen LogP contribution in [0.25, 0.3) is 10.8 Å². The summed E-state index contributed by atoms with van der Waals surface area (Å²) in [4.78, 5) is 0. The third-order valence-electron chi connectivity index (χ3n) is 5.77. The fourth-order valence-electron chi connectivity index (χ4n) is 4.44. The van der Waals surface area contributed by atoms with E-state index in [4.69, 9.17) is 0 Å². The second kappa shape index (κ2) is 5.83. The average molecular weight is 278 g/mol. The van der Waals surface area contributed by atoms with E-state index < -0.39 is 0 Å². The molecule has 2 aliphatic carbocycles. The highest BCUT2D eigenvalue weighted by molar-refractivity contribution is 5.82. The van der Waals surface area contributed by atoms with Crippen molar-refractivity contribution in [3.8, 4) is 0 Å². The van der Waals surface area contributed by atoms with E-state index in [1.807, 2.05) is 0 Å². The van der Waals surface area contributed by atoms with Crippen molar-refractivity contribution in [3.05, 3.63) is 48.0 Å². The predicted molar refractivity (Wildman–Crippen MR) is 90.4 cm³/mol. The van der Waals surface area contributed by atoms with E-state index in [-0.39, 0.29) is 0 Å². The van der Waals surface area contributed by atoms with Gasteiger partial charge in [0.25, 0.3) is 0 Å². The van der Waals surface area contributed by atoms with Crippen LogP contribution in [0.1, 0.15) is 50.5 Å². The van der Waals surface area contributed by atoms with Gasteiger partial charge in [0.15, 0.2) is 0 Å². The lowest BCUT2D eigenvalue weighted by atomic mass is 9.75. The van der Waals surface area contributed by atoms with Crippen molar-refractivity contribution in [2.75, 3.05) is 0 Å². The van der Waals surface area contributed by atoms with E-state index in [0.717, 1.165) is 17.8 Å². The van der Waals surface area contributed by atoms with Gasteiger partial charge in [-0.3, -0.25) is 0 Å². The van der Waals surface area contributed by atoms with Gasteiger partial charge in [-0.2, -0.15) is 0 Å². The van der Waals surface area contributed by atoms with Crippen LogP contribution in [-0.4, -0.2) is 0 Å². The van der Waals surface area contributed by atoms with Crippen LogP contribution in [0, 0.1) is 17.8 Å². The quantitative estimate of drug-likeness (QED) is 0.644. The molecule has 0 spiro atoms. The lowest BCUT2D eigenvalue weighted by molar-refractivity contribution is 0.222. The summed E-state index contributed by atoms with van der Waals surface area (Å²) >= 11 is 0. The largest absolute Gasteiger partial charge is 0.0616 e. The molecule has 0 amide bonds. The Kier molecular flexibility index (Phi) is 3.71. The third-order valence-corrected chi connectivity index (χ3v) is 5.77. The van der Waals surface area contributed by atoms with E-state index in [2.05, 4.69) is 42.5 Å². The smallest absolute Gasteiger partial charge is 0.0181 e. The minimum absolute atomic E-state index is 0.964. The van der Waals surface area contributed by atoms with Crippen LogP contribution in [-0.2, 0) is 6.42 Å². The fraction of sp³-hybridized carbons (Fsp3) is 0.524. The van der Waals surface area contributed by atoms with Crippen molar-refractivity contribution >= 4 is 10.8 Å². The first-order valence-electron chi connectivity index (χ1n) is 8.88. The maximum Gasteiger partial charge on any atom is -0.0181 e. The second-order valence-corrected chi connectivity index (χ2v) is 7.29. The van der Waals surface area contributed by atoms with Crippen molar-refractivity contribution in [3.63, 3.8) is 0 Å². The highest BCUT2D eigenvalue weighted by atomic mass is 14.4. The summed E-state index contributed by atoms with van der Waals surface area (Å²) in [6.45, 7) is 0. The lowest BCUT2D eigenvalue weighted by Gasteiger charge is -2.30. The molecular weight excluding hydrogens is 252 g/mol. The molecule has 2 fully saturated rings. The molecule has 2 aromatic carbocycles. The number of hydrogen-bond donors (Lipinski definition) is 0. The molecule has 110 valence electrons.